The van der Waals surface area contributed by atoms with Crippen molar-refractivity contribution in [2.45, 2.75) is 12.8 Å². The molecule has 2 amide bonds. The number of carbonyl (C=O) groups excluding carboxylic acids is 2. The second-order valence-electron chi connectivity index (χ2n) is 6.37. The van der Waals surface area contributed by atoms with Crippen LogP contribution in [0.2, 0.25) is 0 Å². The van der Waals surface area contributed by atoms with Crippen LogP contribution in [0.3, 0.4) is 0 Å². The number of halogens is 1. The topological polar surface area (TPSA) is 92.6 Å². The number of likely N-dealkylation sites (tertiary alicyclic amines) is 1. The number of benzene rings is 2. The Morgan fingerprint density at radius 3 is 2.19 bits per heavy atom. The smallest absolute Gasteiger partial charge is 0.269 e. The summed E-state index contributed by atoms with van der Waals surface area (Å²) in [6, 6.07) is 13.0. The molecule has 1 saturated heterocycles. The lowest BCUT2D eigenvalue weighted by molar-refractivity contribution is -0.384. The number of hydrogen-bond donors (Lipinski definition) is 1. The molecule has 0 atom stereocenters. The van der Waals surface area contributed by atoms with E-state index in [9.17, 15) is 19.7 Å². The van der Waals surface area contributed by atoms with Gasteiger partial charge in [-0.1, -0.05) is 15.9 Å². The Balaban J connectivity index is 1.54. The van der Waals surface area contributed by atoms with Gasteiger partial charge < -0.3 is 10.2 Å². The van der Waals surface area contributed by atoms with Crippen LogP contribution in [0.25, 0.3) is 0 Å². The number of amides is 2. The van der Waals surface area contributed by atoms with Crippen LogP contribution in [-0.4, -0.2) is 34.7 Å². The van der Waals surface area contributed by atoms with E-state index in [0.717, 1.165) is 10.2 Å². The molecule has 0 aromatic heterocycles. The van der Waals surface area contributed by atoms with Crippen molar-refractivity contribution in [2.75, 3.05) is 18.4 Å². The first-order valence-electron chi connectivity index (χ1n) is 8.54. The Bertz CT molecular complexity index is 844. The van der Waals surface area contributed by atoms with Crippen molar-refractivity contribution >= 4 is 39.1 Å². The van der Waals surface area contributed by atoms with Gasteiger partial charge in [0.1, 0.15) is 0 Å². The van der Waals surface area contributed by atoms with Crippen LogP contribution in [0.4, 0.5) is 11.4 Å². The van der Waals surface area contributed by atoms with Crippen molar-refractivity contribution in [3.63, 3.8) is 0 Å². The second-order valence-corrected chi connectivity index (χ2v) is 7.28. The predicted molar refractivity (Wildman–Crippen MR) is 104 cm³/mol. The number of nitro groups is 1. The van der Waals surface area contributed by atoms with Gasteiger partial charge in [0.15, 0.2) is 0 Å². The van der Waals surface area contributed by atoms with E-state index in [2.05, 4.69) is 21.2 Å². The summed E-state index contributed by atoms with van der Waals surface area (Å²) in [6.45, 7) is 0.961. The zero-order valence-electron chi connectivity index (χ0n) is 14.4. The molecule has 1 heterocycles. The maximum absolute atomic E-state index is 12.5. The Labute approximate surface area is 164 Å². The molecule has 0 unspecified atom stereocenters. The number of carbonyl (C=O) groups is 2. The number of non-ortho nitro benzene ring substituents is 1. The molecule has 0 bridgehead atoms. The minimum Gasteiger partial charge on any atom is -0.339 e. The Hall–Kier alpha value is -2.74. The molecule has 27 heavy (non-hydrogen) atoms. The van der Waals surface area contributed by atoms with Gasteiger partial charge in [0.25, 0.3) is 11.6 Å². The van der Waals surface area contributed by atoms with E-state index < -0.39 is 4.92 Å². The highest BCUT2D eigenvalue weighted by Crippen LogP contribution is 2.22. The molecular weight excluding hydrogens is 414 g/mol. The fraction of sp³-hybridized carbons (Fsp3) is 0.263. The molecule has 2 aromatic rings. The minimum absolute atomic E-state index is 0.0419. The van der Waals surface area contributed by atoms with Crippen LogP contribution in [0.15, 0.2) is 53.0 Å². The number of rotatable bonds is 4. The predicted octanol–water partition coefficient (Wildman–Crippen LogP) is 3.85. The van der Waals surface area contributed by atoms with Crippen LogP contribution >= 0.6 is 15.9 Å². The number of anilines is 1. The lowest BCUT2D eigenvalue weighted by Crippen LogP contribution is -2.41. The molecule has 0 aliphatic carbocycles. The molecule has 7 nitrogen and oxygen atoms in total. The van der Waals surface area contributed by atoms with Crippen LogP contribution in [-0.2, 0) is 4.79 Å². The van der Waals surface area contributed by atoms with Crippen molar-refractivity contribution in [2.24, 2.45) is 5.92 Å². The zero-order chi connectivity index (χ0) is 19.4. The summed E-state index contributed by atoms with van der Waals surface area (Å²) in [5.74, 6) is -0.356. The normalized spacial score (nSPS) is 14.6. The molecule has 0 saturated carbocycles. The fourth-order valence-electron chi connectivity index (χ4n) is 3.03. The number of nitro benzene ring substituents is 1. The molecule has 1 fully saturated rings. The number of nitrogens with one attached hydrogen (secondary N) is 1. The minimum atomic E-state index is -0.496. The Morgan fingerprint density at radius 1 is 1.04 bits per heavy atom. The first-order chi connectivity index (χ1) is 12.9. The standard InChI is InChI=1S/C19H18BrN3O4/c20-15-3-5-16(6-4-15)21-18(24)13-9-11-22(12-10-13)19(25)14-1-7-17(8-2-14)23(26)27/h1-8,13H,9-12H2,(H,21,24). The monoisotopic (exact) mass is 431 g/mol. The lowest BCUT2D eigenvalue weighted by Gasteiger charge is -2.31. The van der Waals surface area contributed by atoms with E-state index in [-0.39, 0.29) is 23.4 Å². The van der Waals surface area contributed by atoms with Crippen molar-refractivity contribution in [1.29, 1.82) is 0 Å². The molecular formula is C19H18BrN3O4. The van der Waals surface area contributed by atoms with E-state index in [4.69, 9.17) is 0 Å². The van der Waals surface area contributed by atoms with Gasteiger partial charge in [0, 0.05) is 46.9 Å². The van der Waals surface area contributed by atoms with Crippen LogP contribution < -0.4 is 5.32 Å². The summed E-state index contributed by atoms with van der Waals surface area (Å²) in [4.78, 5) is 36.8. The summed E-state index contributed by atoms with van der Waals surface area (Å²) in [5, 5.41) is 13.6. The van der Waals surface area contributed by atoms with Crippen molar-refractivity contribution in [1.82, 2.24) is 4.90 Å². The summed E-state index contributed by atoms with van der Waals surface area (Å²) >= 11 is 3.36. The first kappa shape index (κ1) is 19.0. The van der Waals surface area contributed by atoms with E-state index >= 15 is 0 Å². The van der Waals surface area contributed by atoms with Crippen LogP contribution in [0, 0.1) is 16.0 Å². The van der Waals surface area contributed by atoms with E-state index in [1.807, 2.05) is 24.3 Å². The summed E-state index contributed by atoms with van der Waals surface area (Å²) in [7, 11) is 0. The molecule has 140 valence electrons. The van der Waals surface area contributed by atoms with E-state index in [0.29, 0.717) is 31.5 Å². The molecule has 0 radical (unpaired) electrons. The third-order valence-electron chi connectivity index (χ3n) is 4.59. The van der Waals surface area contributed by atoms with E-state index in [1.165, 1.54) is 24.3 Å². The largest absolute Gasteiger partial charge is 0.339 e. The highest BCUT2D eigenvalue weighted by molar-refractivity contribution is 9.10. The fourth-order valence-corrected chi connectivity index (χ4v) is 3.29. The van der Waals surface area contributed by atoms with Gasteiger partial charge in [0.2, 0.25) is 5.91 Å². The number of hydrogen-bond acceptors (Lipinski definition) is 4. The maximum atomic E-state index is 12.5. The van der Waals surface area contributed by atoms with Crippen molar-refractivity contribution < 1.29 is 14.5 Å². The lowest BCUT2D eigenvalue weighted by atomic mass is 9.95. The van der Waals surface area contributed by atoms with Gasteiger partial charge in [0.05, 0.1) is 4.92 Å². The molecule has 1 aliphatic heterocycles. The van der Waals surface area contributed by atoms with Crippen molar-refractivity contribution in [3.05, 3.63) is 68.7 Å². The number of nitrogens with zero attached hydrogens (tertiary/aromatic N) is 2. The highest BCUT2D eigenvalue weighted by atomic mass is 79.9. The average molecular weight is 432 g/mol. The van der Waals surface area contributed by atoms with Gasteiger partial charge >= 0.3 is 0 Å². The second kappa shape index (κ2) is 8.30. The van der Waals surface area contributed by atoms with E-state index in [1.54, 1.807) is 4.90 Å². The quantitative estimate of drug-likeness (QED) is 0.587. The third-order valence-corrected chi connectivity index (χ3v) is 5.12. The highest BCUT2D eigenvalue weighted by Gasteiger charge is 2.28. The Kier molecular flexibility index (Phi) is 5.85. The van der Waals surface area contributed by atoms with Gasteiger partial charge in [-0.3, -0.25) is 19.7 Å². The summed E-state index contributed by atoms with van der Waals surface area (Å²) in [6.07, 6.45) is 1.17. The van der Waals surface area contributed by atoms with Crippen LogP contribution in [0.1, 0.15) is 23.2 Å². The molecule has 1 aliphatic rings. The summed E-state index contributed by atoms with van der Waals surface area (Å²) < 4.78 is 0.943. The first-order valence-corrected chi connectivity index (χ1v) is 9.33. The van der Waals surface area contributed by atoms with Gasteiger partial charge in [-0.15, -0.1) is 0 Å². The Morgan fingerprint density at radius 2 is 1.63 bits per heavy atom. The molecule has 2 aromatic carbocycles. The van der Waals surface area contributed by atoms with Crippen molar-refractivity contribution in [3.8, 4) is 0 Å². The molecule has 8 heteroatoms. The summed E-state index contributed by atoms with van der Waals surface area (Å²) in [5.41, 5.74) is 1.11. The molecule has 3 rings (SSSR count). The van der Waals surface area contributed by atoms with Gasteiger partial charge in [-0.25, -0.2) is 0 Å². The van der Waals surface area contributed by atoms with Crippen LogP contribution in [0.5, 0.6) is 0 Å². The maximum Gasteiger partial charge on any atom is 0.269 e. The SMILES string of the molecule is O=C(Nc1ccc(Br)cc1)C1CCN(C(=O)c2ccc([N+](=O)[O-])cc2)CC1. The third kappa shape index (κ3) is 4.71. The average Bonchev–Trinajstić information content (AvgIpc) is 2.69. The van der Waals surface area contributed by atoms with Gasteiger partial charge in [-0.05, 0) is 49.2 Å². The molecule has 1 N–H and O–H groups in total. The zero-order valence-corrected chi connectivity index (χ0v) is 16.0. The number of piperidine rings is 1. The molecule has 0 spiro atoms. The van der Waals surface area contributed by atoms with Gasteiger partial charge in [-0.2, -0.15) is 0 Å².